The Balaban J connectivity index is 2.24. The predicted molar refractivity (Wildman–Crippen MR) is 70.8 cm³/mol. The SMILES string of the molecule is C#CCC(CC)Nc1snc2ccccc12. The fraction of sp³-hybridized carbons (Fsp3) is 0.308. The number of nitrogens with zero attached hydrogens (tertiary/aromatic N) is 1. The number of terminal acetylenes is 1. The molecule has 0 aliphatic heterocycles. The van der Waals surface area contributed by atoms with Crippen molar-refractivity contribution in [3.63, 3.8) is 0 Å². The van der Waals surface area contributed by atoms with Crippen LogP contribution in [0.5, 0.6) is 0 Å². The second-order valence-electron chi connectivity index (χ2n) is 3.69. The van der Waals surface area contributed by atoms with E-state index in [0.29, 0.717) is 6.04 Å². The molecule has 16 heavy (non-hydrogen) atoms. The number of hydrogen-bond donors (Lipinski definition) is 1. The van der Waals surface area contributed by atoms with Crippen molar-refractivity contribution in [2.45, 2.75) is 25.8 Å². The van der Waals surface area contributed by atoms with Crippen LogP contribution in [-0.4, -0.2) is 10.4 Å². The maximum absolute atomic E-state index is 5.34. The summed E-state index contributed by atoms with van der Waals surface area (Å²) >= 11 is 1.50. The summed E-state index contributed by atoms with van der Waals surface area (Å²) in [6.07, 6.45) is 7.12. The first-order valence-electron chi connectivity index (χ1n) is 5.39. The van der Waals surface area contributed by atoms with Crippen molar-refractivity contribution in [2.75, 3.05) is 5.32 Å². The van der Waals surface area contributed by atoms with E-state index in [1.807, 2.05) is 18.2 Å². The van der Waals surface area contributed by atoms with Crippen LogP contribution in [0.4, 0.5) is 5.00 Å². The molecule has 0 spiro atoms. The largest absolute Gasteiger partial charge is 0.371 e. The van der Waals surface area contributed by atoms with Gasteiger partial charge in [0, 0.05) is 17.8 Å². The van der Waals surface area contributed by atoms with Gasteiger partial charge in [0.25, 0.3) is 0 Å². The minimum absolute atomic E-state index is 0.342. The van der Waals surface area contributed by atoms with Crippen LogP contribution in [0.25, 0.3) is 10.9 Å². The van der Waals surface area contributed by atoms with E-state index < -0.39 is 0 Å². The van der Waals surface area contributed by atoms with Crippen molar-refractivity contribution in [2.24, 2.45) is 0 Å². The Kier molecular flexibility index (Phi) is 3.43. The zero-order chi connectivity index (χ0) is 11.4. The molecule has 3 heteroatoms. The Morgan fingerprint density at radius 1 is 1.50 bits per heavy atom. The van der Waals surface area contributed by atoms with Crippen LogP contribution in [-0.2, 0) is 0 Å². The Bertz CT molecular complexity index is 510. The molecule has 0 radical (unpaired) electrons. The van der Waals surface area contributed by atoms with Crippen LogP contribution in [0.15, 0.2) is 24.3 Å². The van der Waals surface area contributed by atoms with Crippen LogP contribution >= 0.6 is 11.5 Å². The minimum atomic E-state index is 0.342. The molecule has 1 atom stereocenters. The van der Waals surface area contributed by atoms with E-state index in [2.05, 4.69) is 28.6 Å². The standard InChI is InChI=1S/C13H14N2S/c1-3-7-10(4-2)14-13-11-8-5-6-9-12(11)15-16-13/h1,5-6,8-10,14H,4,7H2,2H3. The topological polar surface area (TPSA) is 24.9 Å². The minimum Gasteiger partial charge on any atom is -0.371 e. The smallest absolute Gasteiger partial charge is 0.117 e. The summed E-state index contributed by atoms with van der Waals surface area (Å²) in [6.45, 7) is 2.14. The summed E-state index contributed by atoms with van der Waals surface area (Å²) in [5, 5.41) is 5.77. The lowest BCUT2D eigenvalue weighted by Crippen LogP contribution is -2.16. The zero-order valence-corrected chi connectivity index (χ0v) is 10.1. The molecule has 0 aliphatic carbocycles. The molecule has 1 aromatic carbocycles. The molecule has 1 aromatic heterocycles. The summed E-state index contributed by atoms with van der Waals surface area (Å²) < 4.78 is 4.39. The Hall–Kier alpha value is -1.53. The molecular weight excluding hydrogens is 216 g/mol. The van der Waals surface area contributed by atoms with Crippen LogP contribution in [0.2, 0.25) is 0 Å². The van der Waals surface area contributed by atoms with Crippen molar-refractivity contribution >= 4 is 27.4 Å². The maximum atomic E-state index is 5.34. The lowest BCUT2D eigenvalue weighted by molar-refractivity contribution is 0.718. The van der Waals surface area contributed by atoms with Crippen molar-refractivity contribution in [1.82, 2.24) is 4.37 Å². The van der Waals surface area contributed by atoms with E-state index in [1.165, 1.54) is 16.9 Å². The van der Waals surface area contributed by atoms with Crippen LogP contribution in [0.1, 0.15) is 19.8 Å². The molecule has 1 N–H and O–H groups in total. The molecule has 1 unspecified atom stereocenters. The molecule has 2 aromatic rings. The van der Waals surface area contributed by atoms with Gasteiger partial charge in [-0.05, 0) is 30.1 Å². The highest BCUT2D eigenvalue weighted by molar-refractivity contribution is 7.11. The number of fused-ring (bicyclic) bond motifs is 1. The molecule has 0 bridgehead atoms. The van der Waals surface area contributed by atoms with Crippen molar-refractivity contribution < 1.29 is 0 Å². The Morgan fingerprint density at radius 2 is 2.31 bits per heavy atom. The molecular formula is C13H14N2S. The van der Waals surface area contributed by atoms with Crippen molar-refractivity contribution in [3.05, 3.63) is 24.3 Å². The monoisotopic (exact) mass is 230 g/mol. The molecule has 0 amide bonds. The Labute approximate surface area is 99.9 Å². The van der Waals surface area contributed by atoms with Gasteiger partial charge in [-0.25, -0.2) is 0 Å². The van der Waals surface area contributed by atoms with Gasteiger partial charge in [0.15, 0.2) is 0 Å². The van der Waals surface area contributed by atoms with Crippen molar-refractivity contribution in [1.29, 1.82) is 0 Å². The molecule has 1 heterocycles. The highest BCUT2D eigenvalue weighted by atomic mass is 32.1. The maximum Gasteiger partial charge on any atom is 0.117 e. The molecule has 82 valence electrons. The van der Waals surface area contributed by atoms with Gasteiger partial charge in [-0.2, -0.15) is 4.37 Å². The second-order valence-corrected chi connectivity index (χ2v) is 4.46. The first-order chi connectivity index (χ1) is 7.85. The van der Waals surface area contributed by atoms with Crippen LogP contribution in [0.3, 0.4) is 0 Å². The van der Waals surface area contributed by atoms with Gasteiger partial charge >= 0.3 is 0 Å². The summed E-state index contributed by atoms with van der Waals surface area (Å²) in [7, 11) is 0. The fourth-order valence-electron chi connectivity index (χ4n) is 1.62. The average molecular weight is 230 g/mol. The van der Waals surface area contributed by atoms with E-state index in [-0.39, 0.29) is 0 Å². The quantitative estimate of drug-likeness (QED) is 0.813. The number of aromatic nitrogens is 1. The summed E-state index contributed by atoms with van der Waals surface area (Å²) in [5.41, 5.74) is 1.05. The third kappa shape index (κ3) is 2.17. The normalized spacial score (nSPS) is 12.2. The highest BCUT2D eigenvalue weighted by Gasteiger charge is 2.09. The summed E-state index contributed by atoms with van der Waals surface area (Å²) in [5.74, 6) is 2.70. The van der Waals surface area contributed by atoms with Crippen LogP contribution < -0.4 is 5.32 Å². The van der Waals surface area contributed by atoms with Gasteiger partial charge < -0.3 is 5.32 Å². The average Bonchev–Trinajstić information content (AvgIpc) is 2.72. The van der Waals surface area contributed by atoms with E-state index >= 15 is 0 Å². The first kappa shape index (κ1) is 11.0. The van der Waals surface area contributed by atoms with Crippen LogP contribution in [0, 0.1) is 12.3 Å². The lowest BCUT2D eigenvalue weighted by atomic mass is 10.1. The van der Waals surface area contributed by atoms with Gasteiger partial charge in [-0.3, -0.25) is 0 Å². The number of benzene rings is 1. The van der Waals surface area contributed by atoms with E-state index in [4.69, 9.17) is 6.42 Å². The van der Waals surface area contributed by atoms with Gasteiger partial charge in [-0.1, -0.05) is 19.1 Å². The number of rotatable bonds is 4. The van der Waals surface area contributed by atoms with E-state index in [9.17, 15) is 0 Å². The number of anilines is 1. The van der Waals surface area contributed by atoms with E-state index in [0.717, 1.165) is 23.4 Å². The fourth-order valence-corrected chi connectivity index (χ4v) is 2.46. The first-order valence-corrected chi connectivity index (χ1v) is 6.17. The molecule has 2 rings (SSSR count). The molecule has 0 fully saturated rings. The summed E-state index contributed by atoms with van der Waals surface area (Å²) in [4.78, 5) is 0. The van der Waals surface area contributed by atoms with Gasteiger partial charge in [0.05, 0.1) is 5.52 Å². The van der Waals surface area contributed by atoms with Gasteiger partial charge in [0.1, 0.15) is 5.00 Å². The third-order valence-electron chi connectivity index (χ3n) is 2.58. The third-order valence-corrected chi connectivity index (χ3v) is 3.38. The zero-order valence-electron chi connectivity index (χ0n) is 9.23. The molecule has 0 saturated carbocycles. The summed E-state index contributed by atoms with van der Waals surface area (Å²) in [6, 6.07) is 8.49. The molecule has 0 saturated heterocycles. The van der Waals surface area contributed by atoms with Gasteiger partial charge in [-0.15, -0.1) is 12.3 Å². The second kappa shape index (κ2) is 5.00. The molecule has 2 nitrogen and oxygen atoms in total. The molecule has 0 aliphatic rings. The number of nitrogens with one attached hydrogen (secondary N) is 1. The van der Waals surface area contributed by atoms with Gasteiger partial charge in [0.2, 0.25) is 0 Å². The highest BCUT2D eigenvalue weighted by Crippen LogP contribution is 2.28. The van der Waals surface area contributed by atoms with Crippen molar-refractivity contribution in [3.8, 4) is 12.3 Å². The number of hydrogen-bond acceptors (Lipinski definition) is 3. The predicted octanol–water partition coefficient (Wildman–Crippen LogP) is 3.51. The Morgan fingerprint density at radius 3 is 3.06 bits per heavy atom. The lowest BCUT2D eigenvalue weighted by Gasteiger charge is -2.13. The van der Waals surface area contributed by atoms with E-state index in [1.54, 1.807) is 0 Å².